The number of hydrogen-bond acceptors (Lipinski definition) is 5. The number of benzene rings is 3. The first kappa shape index (κ1) is 27.4. The van der Waals surface area contributed by atoms with E-state index in [1.807, 2.05) is 60.7 Å². The van der Waals surface area contributed by atoms with Crippen LogP contribution in [0.5, 0.6) is 5.75 Å². The van der Waals surface area contributed by atoms with Gasteiger partial charge in [0.1, 0.15) is 11.5 Å². The molecule has 0 radical (unpaired) electrons. The normalized spacial score (nSPS) is 14.0. The van der Waals surface area contributed by atoms with Crippen LogP contribution in [0.3, 0.4) is 0 Å². The zero-order valence-corrected chi connectivity index (χ0v) is 23.2. The summed E-state index contributed by atoms with van der Waals surface area (Å²) in [5.41, 5.74) is 4.92. The quantitative estimate of drug-likeness (QED) is 0.344. The molecule has 1 aliphatic heterocycles. The minimum absolute atomic E-state index is 0.0632. The van der Waals surface area contributed by atoms with E-state index in [1.165, 1.54) is 6.20 Å². The van der Waals surface area contributed by atoms with Crippen LogP contribution in [0.1, 0.15) is 26.3 Å². The van der Waals surface area contributed by atoms with Gasteiger partial charge in [0.15, 0.2) is 0 Å². The van der Waals surface area contributed by atoms with Crippen molar-refractivity contribution in [3.63, 3.8) is 0 Å². The SMILES string of the molecule is COc1ccc(CN2C=C(OC(F)F)C=C(CO[Si](c3ccccc3)(c3ccccc3)C(C)(C)C)N2)cc1. The smallest absolute Gasteiger partial charge is 0.387 e. The summed E-state index contributed by atoms with van der Waals surface area (Å²) in [6.45, 7) is 4.28. The molecular weight excluding hydrogens is 502 g/mol. The van der Waals surface area contributed by atoms with Crippen LogP contribution in [-0.4, -0.2) is 33.7 Å². The Kier molecular flexibility index (Phi) is 8.54. The number of ether oxygens (including phenoxy) is 2. The molecule has 3 aromatic carbocycles. The molecule has 0 bridgehead atoms. The van der Waals surface area contributed by atoms with Crippen LogP contribution < -0.4 is 20.5 Å². The van der Waals surface area contributed by atoms with Crippen molar-refractivity contribution < 1.29 is 22.7 Å². The van der Waals surface area contributed by atoms with E-state index in [0.29, 0.717) is 12.2 Å². The van der Waals surface area contributed by atoms with Crippen LogP contribution in [0, 0.1) is 0 Å². The monoisotopic (exact) mass is 536 g/mol. The van der Waals surface area contributed by atoms with Gasteiger partial charge in [0.25, 0.3) is 8.32 Å². The Hall–Kier alpha value is -3.62. The van der Waals surface area contributed by atoms with Crippen LogP contribution in [0.25, 0.3) is 0 Å². The molecule has 0 aromatic heterocycles. The lowest BCUT2D eigenvalue weighted by Gasteiger charge is -2.43. The second kappa shape index (κ2) is 11.8. The van der Waals surface area contributed by atoms with Crippen LogP contribution in [-0.2, 0) is 15.7 Å². The summed E-state index contributed by atoms with van der Waals surface area (Å²) in [4.78, 5) is 0. The molecule has 200 valence electrons. The predicted molar refractivity (Wildman–Crippen MR) is 149 cm³/mol. The third-order valence-corrected chi connectivity index (χ3v) is 11.5. The summed E-state index contributed by atoms with van der Waals surface area (Å²) in [6.07, 6.45) is 3.11. The molecule has 1 N–H and O–H groups in total. The third-order valence-electron chi connectivity index (χ3n) is 6.48. The summed E-state index contributed by atoms with van der Waals surface area (Å²) in [5.74, 6) is 0.810. The molecule has 0 atom stereocenters. The largest absolute Gasteiger partial charge is 0.497 e. The summed E-state index contributed by atoms with van der Waals surface area (Å²) in [7, 11) is -1.20. The average Bonchev–Trinajstić information content (AvgIpc) is 2.89. The van der Waals surface area contributed by atoms with Crippen molar-refractivity contribution in [3.8, 4) is 5.75 Å². The Morgan fingerprint density at radius 1 is 0.868 bits per heavy atom. The van der Waals surface area contributed by atoms with Gasteiger partial charge >= 0.3 is 6.61 Å². The van der Waals surface area contributed by atoms with Crippen molar-refractivity contribution in [2.45, 2.75) is 39.0 Å². The van der Waals surface area contributed by atoms with Crippen LogP contribution in [0.15, 0.2) is 109 Å². The number of hydrazine groups is 1. The summed E-state index contributed by atoms with van der Waals surface area (Å²) in [5, 5.41) is 3.80. The Balaban J connectivity index is 1.64. The standard InChI is InChI=1S/C30H34F2N2O3Si/c1-30(2,3)38(27-11-7-5-8-12-27,28-13-9-6-10-14-28)36-22-24-19-26(37-29(31)32)21-34(33-24)20-23-15-17-25(35-4)18-16-23/h5-19,21,29,33H,20,22H2,1-4H3. The third kappa shape index (κ3) is 6.26. The van der Waals surface area contributed by atoms with Crippen LogP contribution in [0.4, 0.5) is 8.78 Å². The maximum absolute atomic E-state index is 13.2. The number of alkyl halides is 2. The lowest BCUT2D eigenvalue weighted by Crippen LogP contribution is -2.66. The number of methoxy groups -OCH3 is 1. The highest BCUT2D eigenvalue weighted by atomic mass is 28.4. The first-order valence-electron chi connectivity index (χ1n) is 12.5. The fraction of sp³-hybridized carbons (Fsp3) is 0.267. The molecule has 0 saturated heterocycles. The number of nitrogens with one attached hydrogen (secondary N) is 1. The number of halogens is 2. The van der Waals surface area contributed by atoms with Crippen LogP contribution in [0.2, 0.25) is 5.04 Å². The van der Waals surface area contributed by atoms with Crippen LogP contribution >= 0.6 is 0 Å². The molecule has 0 spiro atoms. The average molecular weight is 537 g/mol. The van der Waals surface area contributed by atoms with Crippen molar-refractivity contribution in [1.29, 1.82) is 0 Å². The van der Waals surface area contributed by atoms with Gasteiger partial charge < -0.3 is 19.3 Å². The van der Waals surface area contributed by atoms with Gasteiger partial charge in [-0.2, -0.15) is 8.78 Å². The summed E-state index contributed by atoms with van der Waals surface area (Å²) >= 11 is 0. The minimum Gasteiger partial charge on any atom is -0.497 e. The van der Waals surface area contributed by atoms with Gasteiger partial charge in [-0.3, -0.25) is 5.01 Å². The molecule has 5 nitrogen and oxygen atoms in total. The van der Waals surface area contributed by atoms with E-state index in [4.69, 9.17) is 13.9 Å². The lowest BCUT2D eigenvalue weighted by molar-refractivity contribution is -0.0943. The molecule has 3 aromatic rings. The van der Waals surface area contributed by atoms with E-state index in [9.17, 15) is 8.78 Å². The van der Waals surface area contributed by atoms with Crippen molar-refractivity contribution >= 4 is 18.7 Å². The van der Waals surface area contributed by atoms with E-state index in [1.54, 1.807) is 18.2 Å². The van der Waals surface area contributed by atoms with Gasteiger partial charge in [0.05, 0.1) is 32.2 Å². The Labute approximate surface area is 224 Å². The van der Waals surface area contributed by atoms with E-state index in [0.717, 1.165) is 21.7 Å². The van der Waals surface area contributed by atoms with Gasteiger partial charge in [-0.25, -0.2) is 0 Å². The molecule has 0 fully saturated rings. The van der Waals surface area contributed by atoms with Crippen molar-refractivity contribution in [2.24, 2.45) is 0 Å². The second-order valence-corrected chi connectivity index (χ2v) is 14.4. The highest BCUT2D eigenvalue weighted by Gasteiger charge is 2.50. The predicted octanol–water partition coefficient (Wildman–Crippen LogP) is 5.56. The topological polar surface area (TPSA) is 43.0 Å². The van der Waals surface area contributed by atoms with Crippen molar-refractivity contribution in [1.82, 2.24) is 10.4 Å². The highest BCUT2D eigenvalue weighted by molar-refractivity contribution is 6.99. The van der Waals surface area contributed by atoms with Crippen molar-refractivity contribution in [2.75, 3.05) is 13.7 Å². The molecule has 0 aliphatic carbocycles. The molecule has 1 aliphatic rings. The fourth-order valence-corrected chi connectivity index (χ4v) is 9.34. The maximum atomic E-state index is 13.2. The molecule has 0 amide bonds. The second-order valence-electron chi connectivity index (χ2n) is 10.1. The molecule has 0 unspecified atom stereocenters. The molecule has 38 heavy (non-hydrogen) atoms. The number of nitrogens with zero attached hydrogens (tertiary/aromatic N) is 1. The van der Waals surface area contributed by atoms with Crippen molar-refractivity contribution in [3.05, 3.63) is 114 Å². The molecular formula is C30H34F2N2O3Si. The zero-order chi connectivity index (χ0) is 27.2. The van der Waals surface area contributed by atoms with E-state index in [2.05, 4.69) is 50.5 Å². The molecule has 0 saturated carbocycles. The zero-order valence-electron chi connectivity index (χ0n) is 22.2. The lowest BCUT2D eigenvalue weighted by atomic mass is 10.2. The van der Waals surface area contributed by atoms with Gasteiger partial charge in [-0.05, 0) is 33.1 Å². The van der Waals surface area contributed by atoms with E-state index >= 15 is 0 Å². The molecule has 1 heterocycles. The Bertz CT molecular complexity index is 1200. The van der Waals surface area contributed by atoms with Gasteiger partial charge in [-0.1, -0.05) is 93.6 Å². The van der Waals surface area contributed by atoms with E-state index < -0.39 is 14.9 Å². The van der Waals surface area contributed by atoms with E-state index in [-0.39, 0.29) is 17.4 Å². The first-order valence-corrected chi connectivity index (χ1v) is 14.4. The summed E-state index contributed by atoms with van der Waals surface area (Å²) in [6, 6.07) is 28.2. The number of allylic oxidation sites excluding steroid dienone is 1. The first-order chi connectivity index (χ1) is 18.2. The fourth-order valence-electron chi connectivity index (χ4n) is 4.81. The minimum atomic E-state index is -2.93. The Morgan fingerprint density at radius 3 is 1.95 bits per heavy atom. The maximum Gasteiger partial charge on any atom is 0.387 e. The highest BCUT2D eigenvalue weighted by Crippen LogP contribution is 2.37. The molecule has 8 heteroatoms. The van der Waals surface area contributed by atoms with Gasteiger partial charge in [0, 0.05) is 6.08 Å². The Morgan fingerprint density at radius 2 is 1.45 bits per heavy atom. The van der Waals surface area contributed by atoms with Gasteiger partial charge in [-0.15, -0.1) is 0 Å². The van der Waals surface area contributed by atoms with Gasteiger partial charge in [0.2, 0.25) is 0 Å². The number of rotatable bonds is 10. The molecule has 4 rings (SSSR count). The number of hydrogen-bond donors (Lipinski definition) is 1. The summed E-state index contributed by atoms with van der Waals surface area (Å²) < 4.78 is 43.4.